The maximum absolute atomic E-state index is 10.5. The van der Waals surface area contributed by atoms with Gasteiger partial charge in [0.15, 0.2) is 0 Å². The first-order valence-electron chi connectivity index (χ1n) is 5.90. The molecule has 104 valence electrons. The Bertz CT molecular complexity index is 311. The van der Waals surface area contributed by atoms with Crippen molar-refractivity contribution in [1.29, 1.82) is 0 Å². The summed E-state index contributed by atoms with van der Waals surface area (Å²) >= 11 is 0. The molecule has 0 rings (SSSR count). The molecule has 1 N–H and O–H groups in total. The van der Waals surface area contributed by atoms with E-state index in [1.54, 1.807) is 0 Å². The maximum Gasteiger partial charge on any atom is 0.303 e. The van der Waals surface area contributed by atoms with Crippen molar-refractivity contribution in [3.63, 3.8) is 0 Å². The van der Waals surface area contributed by atoms with Crippen molar-refractivity contribution in [3.8, 4) is 0 Å². The topological polar surface area (TPSA) is 88.3 Å². The van der Waals surface area contributed by atoms with E-state index in [1.165, 1.54) is 0 Å². The molecule has 0 aromatic carbocycles. The van der Waals surface area contributed by atoms with Crippen molar-refractivity contribution in [1.82, 2.24) is 0 Å². The molecule has 0 aromatic rings. The number of aliphatic carboxylic acids is 1. The number of carboxylic acid groups (broad SMARTS) is 1. The average molecular weight is 258 g/mol. The van der Waals surface area contributed by atoms with Crippen molar-refractivity contribution < 1.29 is 19.4 Å². The number of carboxylic acids is 1. The Hall–Kier alpha value is -1.46. The quantitative estimate of drug-likeness (QED) is 0.391. The van der Waals surface area contributed by atoms with Crippen LogP contribution in [0.2, 0.25) is 0 Å². The van der Waals surface area contributed by atoms with Crippen LogP contribution in [0.3, 0.4) is 0 Å². The van der Waals surface area contributed by atoms with Gasteiger partial charge >= 0.3 is 5.97 Å². The highest BCUT2D eigenvalue weighted by molar-refractivity contribution is 5.66. The Morgan fingerprint density at radius 3 is 2.11 bits per heavy atom. The molecular formula is C12H22N2O4. The monoisotopic (exact) mass is 258 g/mol. The van der Waals surface area contributed by atoms with Crippen LogP contribution in [0.5, 0.6) is 0 Å². The van der Waals surface area contributed by atoms with Gasteiger partial charge in [-0.2, -0.15) is 10.2 Å². The molecule has 0 radical (unpaired) electrons. The number of nitrogens with zero attached hydrogens (tertiary/aromatic N) is 2. The molecule has 0 saturated carbocycles. The second-order valence-corrected chi connectivity index (χ2v) is 5.44. The van der Waals surface area contributed by atoms with Crippen molar-refractivity contribution in [2.45, 2.75) is 58.0 Å². The van der Waals surface area contributed by atoms with Gasteiger partial charge in [0.1, 0.15) is 0 Å². The van der Waals surface area contributed by atoms with Crippen LogP contribution in [0, 0.1) is 0 Å². The lowest BCUT2D eigenvalue weighted by Gasteiger charge is -2.22. The fraction of sp³-hybridized carbons (Fsp3) is 0.833. The zero-order valence-electron chi connectivity index (χ0n) is 11.5. The lowest BCUT2D eigenvalue weighted by atomic mass is 9.99. The van der Waals surface area contributed by atoms with Crippen LogP contribution in [0.25, 0.3) is 0 Å². The molecule has 0 saturated heterocycles. The molecule has 0 aliphatic heterocycles. The van der Waals surface area contributed by atoms with Crippen LogP contribution >= 0.6 is 0 Å². The minimum atomic E-state index is -0.836. The Balaban J connectivity index is 4.31. The fourth-order valence-electron chi connectivity index (χ4n) is 1.14. The van der Waals surface area contributed by atoms with Gasteiger partial charge in [0.25, 0.3) is 6.47 Å². The Morgan fingerprint density at radius 2 is 1.67 bits per heavy atom. The van der Waals surface area contributed by atoms with E-state index in [0.717, 1.165) is 0 Å². The molecule has 0 unspecified atom stereocenters. The second kappa shape index (κ2) is 7.08. The first-order valence-corrected chi connectivity index (χ1v) is 5.90. The van der Waals surface area contributed by atoms with Crippen LogP contribution in [0.4, 0.5) is 0 Å². The van der Waals surface area contributed by atoms with Gasteiger partial charge in [-0.05, 0) is 34.1 Å². The third kappa shape index (κ3) is 8.66. The molecular weight excluding hydrogens is 236 g/mol. The van der Waals surface area contributed by atoms with Crippen molar-refractivity contribution in [3.05, 3.63) is 0 Å². The Morgan fingerprint density at radius 1 is 1.17 bits per heavy atom. The lowest BCUT2D eigenvalue weighted by Crippen LogP contribution is -2.23. The molecule has 6 heteroatoms. The molecule has 0 heterocycles. The molecule has 6 nitrogen and oxygen atoms in total. The van der Waals surface area contributed by atoms with Gasteiger partial charge < -0.3 is 9.84 Å². The molecule has 0 spiro atoms. The highest BCUT2D eigenvalue weighted by Gasteiger charge is 2.22. The smallest absolute Gasteiger partial charge is 0.303 e. The summed E-state index contributed by atoms with van der Waals surface area (Å²) in [5.74, 6) is -0.836. The Kier molecular flexibility index (Phi) is 6.51. The summed E-state index contributed by atoms with van der Waals surface area (Å²) in [6.45, 7) is 8.17. The zero-order valence-corrected chi connectivity index (χ0v) is 11.5. The average Bonchev–Trinajstić information content (AvgIpc) is 2.25. The molecule has 0 atom stereocenters. The van der Waals surface area contributed by atoms with Crippen molar-refractivity contribution in [2.24, 2.45) is 10.2 Å². The van der Waals surface area contributed by atoms with Crippen LogP contribution in [0.1, 0.15) is 47.0 Å². The van der Waals surface area contributed by atoms with Gasteiger partial charge in [-0.25, -0.2) is 0 Å². The first kappa shape index (κ1) is 16.5. The van der Waals surface area contributed by atoms with E-state index in [2.05, 4.69) is 15.0 Å². The molecule has 0 aliphatic rings. The summed E-state index contributed by atoms with van der Waals surface area (Å²) in [6, 6.07) is 0. The largest absolute Gasteiger partial charge is 0.481 e. The molecule has 18 heavy (non-hydrogen) atoms. The zero-order chi connectivity index (χ0) is 14.2. The lowest BCUT2D eigenvalue weighted by molar-refractivity contribution is -0.137. The highest BCUT2D eigenvalue weighted by Crippen LogP contribution is 2.22. The number of carbonyl (C=O) groups excluding carboxylic acids is 1. The summed E-state index contributed by atoms with van der Waals surface area (Å²) in [7, 11) is 0. The molecule has 0 aliphatic carbocycles. The van der Waals surface area contributed by atoms with E-state index in [-0.39, 0.29) is 6.42 Å². The predicted octanol–water partition coefficient (Wildman–Crippen LogP) is 2.42. The van der Waals surface area contributed by atoms with Crippen molar-refractivity contribution >= 4 is 12.4 Å². The van der Waals surface area contributed by atoms with Gasteiger partial charge in [-0.3, -0.25) is 9.59 Å². The number of rotatable bonds is 9. The number of carbonyl (C=O) groups is 2. The first-order chi connectivity index (χ1) is 8.18. The summed E-state index contributed by atoms with van der Waals surface area (Å²) in [5.41, 5.74) is -0.926. The third-order valence-corrected chi connectivity index (χ3v) is 2.44. The van der Waals surface area contributed by atoms with Crippen LogP contribution < -0.4 is 0 Å². The number of ether oxygens (including phenoxy) is 1. The SMILES string of the molecule is CC(C)(CCOC=O)/N=N/C(C)(C)CCC(=O)O. The molecule has 0 fully saturated rings. The van der Waals surface area contributed by atoms with Crippen LogP contribution in [-0.2, 0) is 14.3 Å². The summed E-state index contributed by atoms with van der Waals surface area (Å²) in [4.78, 5) is 20.5. The van der Waals surface area contributed by atoms with E-state index < -0.39 is 17.0 Å². The van der Waals surface area contributed by atoms with Gasteiger partial charge in [0.05, 0.1) is 17.7 Å². The van der Waals surface area contributed by atoms with E-state index in [1.807, 2.05) is 27.7 Å². The standard InChI is InChI=1S/C12H22N2O4/c1-11(2,6-5-10(16)17)13-14-12(3,4)7-8-18-9-15/h9H,5-8H2,1-4H3,(H,16,17)/b14-13+. The van der Waals surface area contributed by atoms with Gasteiger partial charge in [0.2, 0.25) is 0 Å². The summed E-state index contributed by atoms with van der Waals surface area (Å²) in [6.07, 6.45) is 1.08. The van der Waals surface area contributed by atoms with E-state index >= 15 is 0 Å². The molecule has 0 amide bonds. The number of azo groups is 1. The van der Waals surface area contributed by atoms with E-state index in [9.17, 15) is 9.59 Å². The number of hydrogen-bond acceptors (Lipinski definition) is 5. The normalized spacial score (nSPS) is 12.7. The van der Waals surface area contributed by atoms with Crippen LogP contribution in [0.15, 0.2) is 10.2 Å². The molecule has 0 aromatic heterocycles. The van der Waals surface area contributed by atoms with Gasteiger partial charge in [-0.15, -0.1) is 0 Å². The van der Waals surface area contributed by atoms with E-state index in [4.69, 9.17) is 5.11 Å². The molecule has 0 bridgehead atoms. The third-order valence-electron chi connectivity index (χ3n) is 2.44. The van der Waals surface area contributed by atoms with Gasteiger partial charge in [0, 0.05) is 12.8 Å². The number of hydrogen-bond donors (Lipinski definition) is 1. The Labute approximate surface area is 107 Å². The fourth-order valence-corrected chi connectivity index (χ4v) is 1.14. The summed E-state index contributed by atoms with van der Waals surface area (Å²) in [5, 5.41) is 17.0. The van der Waals surface area contributed by atoms with E-state index in [0.29, 0.717) is 25.9 Å². The predicted molar refractivity (Wildman–Crippen MR) is 66.5 cm³/mol. The minimum absolute atomic E-state index is 0.0701. The summed E-state index contributed by atoms with van der Waals surface area (Å²) < 4.78 is 4.62. The maximum atomic E-state index is 10.5. The second-order valence-electron chi connectivity index (χ2n) is 5.44. The van der Waals surface area contributed by atoms with Crippen molar-refractivity contribution in [2.75, 3.05) is 6.61 Å². The van der Waals surface area contributed by atoms with Crippen LogP contribution in [-0.4, -0.2) is 35.2 Å². The highest BCUT2D eigenvalue weighted by atomic mass is 16.5. The minimum Gasteiger partial charge on any atom is -0.481 e. The van der Waals surface area contributed by atoms with Gasteiger partial charge in [-0.1, -0.05) is 0 Å².